The zero-order valence-electron chi connectivity index (χ0n) is 10.3. The highest BCUT2D eigenvalue weighted by Crippen LogP contribution is 2.24. The van der Waals surface area contributed by atoms with Crippen molar-refractivity contribution in [3.05, 3.63) is 34.5 Å². The van der Waals surface area contributed by atoms with Gasteiger partial charge >= 0.3 is 5.82 Å². The number of nitrogens with zero attached hydrogens (tertiary/aromatic N) is 3. The normalized spacial score (nSPS) is 10.4. The Morgan fingerprint density at radius 3 is 2.95 bits per heavy atom. The number of aromatic nitrogens is 2. The van der Waals surface area contributed by atoms with Crippen LogP contribution in [0.3, 0.4) is 0 Å². The molecule has 0 saturated carbocycles. The van der Waals surface area contributed by atoms with E-state index in [2.05, 4.69) is 15.6 Å². The molecule has 2 rings (SSSR count). The van der Waals surface area contributed by atoms with Gasteiger partial charge in [-0.25, -0.2) is 0 Å². The lowest BCUT2D eigenvalue weighted by molar-refractivity contribution is -0.389. The molecule has 2 heterocycles. The first-order valence-corrected chi connectivity index (χ1v) is 5.69. The minimum Gasteiger partial charge on any atom is -0.361 e. The number of nitro groups is 1. The number of hydrogen-bond acceptors (Lipinski definition) is 5. The Bertz CT molecular complexity index is 622. The average Bonchev–Trinajstić information content (AvgIpc) is 2.72. The number of amides is 1. The third kappa shape index (κ3) is 2.79. The van der Waals surface area contributed by atoms with Gasteiger partial charge in [-0.3, -0.25) is 4.79 Å². The average molecular weight is 263 g/mol. The van der Waals surface area contributed by atoms with Crippen LogP contribution in [-0.4, -0.2) is 33.3 Å². The van der Waals surface area contributed by atoms with Crippen LogP contribution >= 0.6 is 0 Å². The van der Waals surface area contributed by atoms with Crippen molar-refractivity contribution in [2.24, 2.45) is 0 Å². The maximum absolute atomic E-state index is 11.1. The van der Waals surface area contributed by atoms with E-state index in [4.69, 9.17) is 0 Å². The quantitative estimate of drug-likeness (QED) is 0.471. The Balaban J connectivity index is 2.20. The van der Waals surface area contributed by atoms with Gasteiger partial charge in [0.25, 0.3) is 0 Å². The second-order valence-electron chi connectivity index (χ2n) is 3.88. The van der Waals surface area contributed by atoms with Gasteiger partial charge in [-0.05, 0) is 11.0 Å². The number of rotatable bonds is 5. The minimum atomic E-state index is -0.485. The van der Waals surface area contributed by atoms with E-state index in [0.29, 0.717) is 18.7 Å². The van der Waals surface area contributed by atoms with E-state index in [1.54, 1.807) is 24.4 Å². The fourth-order valence-corrected chi connectivity index (χ4v) is 1.70. The zero-order valence-corrected chi connectivity index (χ0v) is 10.3. The predicted molar refractivity (Wildman–Crippen MR) is 69.0 cm³/mol. The summed E-state index contributed by atoms with van der Waals surface area (Å²) < 4.78 is 1.40. The van der Waals surface area contributed by atoms with Crippen molar-refractivity contribution in [3.8, 4) is 0 Å². The molecule has 19 heavy (non-hydrogen) atoms. The summed E-state index contributed by atoms with van der Waals surface area (Å²) in [5.41, 5.74) is 0.497. The molecule has 0 aliphatic heterocycles. The molecule has 2 aromatic heterocycles. The molecule has 0 bridgehead atoms. The number of nitrogens with one attached hydrogen (secondary N) is 2. The van der Waals surface area contributed by atoms with Gasteiger partial charge in [0.05, 0.1) is 6.20 Å². The summed E-state index contributed by atoms with van der Waals surface area (Å²) in [7, 11) is 0. The molecule has 0 radical (unpaired) electrons. The zero-order chi connectivity index (χ0) is 13.8. The van der Waals surface area contributed by atoms with Gasteiger partial charge < -0.3 is 20.7 Å². The molecule has 100 valence electrons. The summed E-state index contributed by atoms with van der Waals surface area (Å²) in [6, 6.07) is 5.14. The molecule has 2 N–H and O–H groups in total. The highest BCUT2D eigenvalue weighted by atomic mass is 16.6. The number of pyridine rings is 1. The summed E-state index contributed by atoms with van der Waals surface area (Å²) in [5.74, 6) is -0.0636. The molecule has 0 aromatic carbocycles. The maximum Gasteiger partial charge on any atom is 0.372 e. The fourth-order valence-electron chi connectivity index (χ4n) is 1.70. The van der Waals surface area contributed by atoms with Crippen LogP contribution in [0, 0.1) is 10.1 Å². The number of imidazole rings is 1. The van der Waals surface area contributed by atoms with Crippen LogP contribution in [0.5, 0.6) is 0 Å². The van der Waals surface area contributed by atoms with Crippen LogP contribution in [0.2, 0.25) is 0 Å². The van der Waals surface area contributed by atoms with Crippen LogP contribution in [0.25, 0.3) is 5.65 Å². The van der Waals surface area contributed by atoms with Crippen LogP contribution in [0.4, 0.5) is 11.6 Å². The van der Waals surface area contributed by atoms with Crippen molar-refractivity contribution >= 4 is 23.2 Å². The SMILES string of the molecule is CC(=O)NCCNc1nc2ccccn2c1[N+](=O)[O-]. The smallest absolute Gasteiger partial charge is 0.361 e. The topological polar surface area (TPSA) is 102 Å². The van der Waals surface area contributed by atoms with E-state index in [0.717, 1.165) is 0 Å². The number of hydrogen-bond donors (Lipinski definition) is 2. The maximum atomic E-state index is 11.1. The molecule has 0 atom stereocenters. The molecule has 0 saturated heterocycles. The molecule has 0 fully saturated rings. The predicted octanol–water partition coefficient (Wildman–Crippen LogP) is 0.790. The van der Waals surface area contributed by atoms with Crippen molar-refractivity contribution < 1.29 is 9.72 Å². The van der Waals surface area contributed by atoms with Gasteiger partial charge in [-0.2, -0.15) is 9.38 Å². The van der Waals surface area contributed by atoms with Gasteiger partial charge in [0.2, 0.25) is 17.4 Å². The third-order valence-electron chi connectivity index (χ3n) is 2.47. The molecule has 8 nitrogen and oxygen atoms in total. The van der Waals surface area contributed by atoms with Gasteiger partial charge in [0.1, 0.15) is 0 Å². The second kappa shape index (κ2) is 5.34. The first kappa shape index (κ1) is 12.8. The van der Waals surface area contributed by atoms with Crippen LogP contribution < -0.4 is 10.6 Å². The van der Waals surface area contributed by atoms with E-state index >= 15 is 0 Å². The van der Waals surface area contributed by atoms with Gasteiger partial charge in [0, 0.05) is 26.1 Å². The van der Waals surface area contributed by atoms with Crippen molar-refractivity contribution in [1.29, 1.82) is 0 Å². The van der Waals surface area contributed by atoms with E-state index in [1.807, 2.05) is 0 Å². The van der Waals surface area contributed by atoms with Gasteiger partial charge in [-0.15, -0.1) is 0 Å². The number of anilines is 1. The number of carbonyl (C=O) groups is 1. The Morgan fingerprint density at radius 1 is 1.47 bits per heavy atom. The van der Waals surface area contributed by atoms with E-state index in [1.165, 1.54) is 11.3 Å². The fraction of sp³-hybridized carbons (Fsp3) is 0.273. The molecular weight excluding hydrogens is 250 g/mol. The molecule has 1 amide bonds. The summed E-state index contributed by atoms with van der Waals surface area (Å²) in [6.45, 7) is 2.15. The van der Waals surface area contributed by atoms with E-state index < -0.39 is 4.92 Å². The first-order valence-electron chi connectivity index (χ1n) is 5.69. The molecule has 0 spiro atoms. The third-order valence-corrected chi connectivity index (χ3v) is 2.47. The Kier molecular flexibility index (Phi) is 3.60. The lowest BCUT2D eigenvalue weighted by atomic mass is 10.5. The highest BCUT2D eigenvalue weighted by molar-refractivity contribution is 5.72. The number of carbonyl (C=O) groups excluding carboxylic acids is 1. The Morgan fingerprint density at radius 2 is 2.26 bits per heavy atom. The van der Waals surface area contributed by atoms with Gasteiger partial charge in [-0.1, -0.05) is 6.07 Å². The standard InChI is InChI=1S/C11H13N5O3/c1-8(17)12-5-6-13-10-11(16(18)19)15-7-3-2-4-9(15)14-10/h2-4,7,13H,5-6H2,1H3,(H,12,17). The second-order valence-corrected chi connectivity index (χ2v) is 3.88. The minimum absolute atomic E-state index is 0.113. The monoisotopic (exact) mass is 263 g/mol. The van der Waals surface area contributed by atoms with Crippen molar-refractivity contribution in [1.82, 2.24) is 14.7 Å². The van der Waals surface area contributed by atoms with Crippen LogP contribution in [0.1, 0.15) is 6.92 Å². The van der Waals surface area contributed by atoms with Crippen LogP contribution in [0.15, 0.2) is 24.4 Å². The molecule has 8 heteroatoms. The summed E-state index contributed by atoms with van der Waals surface area (Å²) >= 11 is 0. The van der Waals surface area contributed by atoms with E-state index in [-0.39, 0.29) is 17.5 Å². The first-order chi connectivity index (χ1) is 9.09. The summed E-state index contributed by atoms with van der Waals surface area (Å²) in [5, 5.41) is 16.5. The lowest BCUT2D eigenvalue weighted by Gasteiger charge is -2.03. The molecule has 2 aromatic rings. The van der Waals surface area contributed by atoms with Crippen molar-refractivity contribution in [2.75, 3.05) is 18.4 Å². The largest absolute Gasteiger partial charge is 0.372 e. The number of fused-ring (bicyclic) bond motifs is 1. The van der Waals surface area contributed by atoms with Crippen molar-refractivity contribution in [2.45, 2.75) is 6.92 Å². The summed E-state index contributed by atoms with van der Waals surface area (Å²) in [6.07, 6.45) is 1.58. The Hall–Kier alpha value is -2.64. The molecule has 0 aliphatic rings. The highest BCUT2D eigenvalue weighted by Gasteiger charge is 2.21. The van der Waals surface area contributed by atoms with E-state index in [9.17, 15) is 14.9 Å². The molecular formula is C11H13N5O3. The molecule has 0 aliphatic carbocycles. The summed E-state index contributed by atoms with van der Waals surface area (Å²) in [4.78, 5) is 25.4. The van der Waals surface area contributed by atoms with Gasteiger partial charge in [0.15, 0.2) is 0 Å². The van der Waals surface area contributed by atoms with Crippen LogP contribution in [-0.2, 0) is 4.79 Å². The van der Waals surface area contributed by atoms with Crippen molar-refractivity contribution in [3.63, 3.8) is 0 Å². The Labute approximate surface area is 108 Å². The lowest BCUT2D eigenvalue weighted by Crippen LogP contribution is -2.26. The molecule has 0 unspecified atom stereocenters.